The first-order valence-electron chi connectivity index (χ1n) is 8.65. The lowest BCUT2D eigenvalue weighted by Gasteiger charge is -2.18. The normalized spacial score (nSPS) is 13.5. The monoisotopic (exact) mass is 369 g/mol. The van der Waals surface area contributed by atoms with Gasteiger partial charge in [0.05, 0.1) is 12.4 Å². The molecule has 2 N–H and O–H groups in total. The molecule has 0 bridgehead atoms. The molecule has 7 heteroatoms. The number of sulfone groups is 1. The van der Waals surface area contributed by atoms with Crippen LogP contribution in [0.2, 0.25) is 0 Å². The second-order valence-electron chi connectivity index (χ2n) is 6.21. The van der Waals surface area contributed by atoms with Crippen molar-refractivity contribution in [1.29, 1.82) is 0 Å². The summed E-state index contributed by atoms with van der Waals surface area (Å²) in [6.45, 7) is 6.02. The molecule has 1 unspecified atom stereocenters. The molecule has 6 nitrogen and oxygen atoms in total. The van der Waals surface area contributed by atoms with Gasteiger partial charge in [-0.3, -0.25) is 4.99 Å². The molecule has 0 aromatic heterocycles. The zero-order valence-corrected chi connectivity index (χ0v) is 16.5. The van der Waals surface area contributed by atoms with Gasteiger partial charge in [-0.2, -0.15) is 0 Å². The Morgan fingerprint density at radius 2 is 1.96 bits per heavy atom. The van der Waals surface area contributed by atoms with Crippen LogP contribution in [0.3, 0.4) is 0 Å². The van der Waals surface area contributed by atoms with Crippen molar-refractivity contribution < 1.29 is 13.2 Å². The number of hydrogen-bond donors (Lipinski definition) is 2. The number of hydrogen-bond acceptors (Lipinski definition) is 4. The van der Waals surface area contributed by atoms with Crippen LogP contribution in [0.1, 0.15) is 37.8 Å². The van der Waals surface area contributed by atoms with Gasteiger partial charge in [0.1, 0.15) is 9.84 Å². The Hall–Kier alpha value is -1.60. The van der Waals surface area contributed by atoms with Crippen molar-refractivity contribution in [2.45, 2.75) is 45.9 Å². The quantitative estimate of drug-likeness (QED) is 0.375. The molecule has 0 saturated heterocycles. The highest BCUT2D eigenvalue weighted by molar-refractivity contribution is 7.90. The van der Waals surface area contributed by atoms with E-state index < -0.39 is 9.84 Å². The largest absolute Gasteiger partial charge is 0.377 e. The zero-order chi connectivity index (χ0) is 18.7. The standard InChI is InChI=1S/C18H31N3O3S/c1-5-11-24-14-17-9-7-6-8-16(17)13-20-18(19-3)21-15(2)10-12-25(4,22)23/h6-9,15H,5,10-14H2,1-4H3,(H2,19,20,21). The van der Waals surface area contributed by atoms with E-state index in [1.807, 2.05) is 19.1 Å². The van der Waals surface area contributed by atoms with Crippen LogP contribution in [-0.4, -0.2) is 46.1 Å². The van der Waals surface area contributed by atoms with Crippen LogP contribution in [0.25, 0.3) is 0 Å². The minimum Gasteiger partial charge on any atom is -0.377 e. The summed E-state index contributed by atoms with van der Waals surface area (Å²) in [5, 5.41) is 6.50. The number of nitrogens with zero attached hydrogens (tertiary/aromatic N) is 1. The Kier molecular flexibility index (Phi) is 9.52. The van der Waals surface area contributed by atoms with Crippen LogP contribution < -0.4 is 10.6 Å². The van der Waals surface area contributed by atoms with Gasteiger partial charge >= 0.3 is 0 Å². The van der Waals surface area contributed by atoms with Crippen LogP contribution in [0.5, 0.6) is 0 Å². The van der Waals surface area contributed by atoms with E-state index in [9.17, 15) is 8.42 Å². The van der Waals surface area contributed by atoms with Crippen LogP contribution in [0, 0.1) is 0 Å². The van der Waals surface area contributed by atoms with E-state index in [2.05, 4.69) is 34.7 Å². The van der Waals surface area contributed by atoms with Crippen LogP contribution in [0.4, 0.5) is 0 Å². The summed E-state index contributed by atoms with van der Waals surface area (Å²) in [4.78, 5) is 4.21. The molecule has 0 saturated carbocycles. The minimum atomic E-state index is -2.95. The van der Waals surface area contributed by atoms with Crippen molar-refractivity contribution in [3.05, 3.63) is 35.4 Å². The number of nitrogens with one attached hydrogen (secondary N) is 2. The van der Waals surface area contributed by atoms with Crippen molar-refractivity contribution >= 4 is 15.8 Å². The molecule has 0 fully saturated rings. The lowest BCUT2D eigenvalue weighted by molar-refractivity contribution is 0.121. The Morgan fingerprint density at radius 3 is 2.56 bits per heavy atom. The number of guanidine groups is 1. The van der Waals surface area contributed by atoms with Gasteiger partial charge in [0.25, 0.3) is 0 Å². The smallest absolute Gasteiger partial charge is 0.191 e. The minimum absolute atomic E-state index is 0.0176. The summed E-state index contributed by atoms with van der Waals surface area (Å²) in [7, 11) is -1.24. The van der Waals surface area contributed by atoms with E-state index in [-0.39, 0.29) is 11.8 Å². The third kappa shape index (κ3) is 9.45. The highest BCUT2D eigenvalue weighted by Crippen LogP contribution is 2.10. The average molecular weight is 370 g/mol. The molecule has 0 heterocycles. The lowest BCUT2D eigenvalue weighted by atomic mass is 10.1. The molecule has 1 rings (SSSR count). The van der Waals surface area contributed by atoms with Gasteiger partial charge < -0.3 is 15.4 Å². The van der Waals surface area contributed by atoms with Crippen molar-refractivity contribution in [2.75, 3.05) is 25.7 Å². The van der Waals surface area contributed by atoms with Crippen LogP contribution in [0.15, 0.2) is 29.3 Å². The maximum atomic E-state index is 11.3. The molecule has 1 atom stereocenters. The van der Waals surface area contributed by atoms with Gasteiger partial charge in [-0.15, -0.1) is 0 Å². The summed E-state index contributed by atoms with van der Waals surface area (Å²) >= 11 is 0. The second-order valence-corrected chi connectivity index (χ2v) is 8.47. The molecule has 1 aromatic rings. The van der Waals surface area contributed by atoms with E-state index in [0.717, 1.165) is 24.2 Å². The van der Waals surface area contributed by atoms with Crippen molar-refractivity contribution in [3.63, 3.8) is 0 Å². The fourth-order valence-electron chi connectivity index (χ4n) is 2.27. The molecular weight excluding hydrogens is 338 g/mol. The fraction of sp³-hybridized carbons (Fsp3) is 0.611. The van der Waals surface area contributed by atoms with Crippen molar-refractivity contribution in [2.24, 2.45) is 4.99 Å². The topological polar surface area (TPSA) is 79.8 Å². The molecule has 142 valence electrons. The Labute approximate surface area is 152 Å². The molecule has 0 radical (unpaired) electrons. The SMILES string of the molecule is CCCOCc1ccccc1CNC(=NC)NC(C)CCS(C)(=O)=O. The Balaban J connectivity index is 2.54. The predicted octanol–water partition coefficient (Wildman–Crippen LogP) is 2.10. The summed E-state index contributed by atoms with van der Waals surface area (Å²) in [5.74, 6) is 0.820. The molecule has 0 aliphatic heterocycles. The predicted molar refractivity (Wildman–Crippen MR) is 104 cm³/mol. The highest BCUT2D eigenvalue weighted by Gasteiger charge is 2.10. The van der Waals surface area contributed by atoms with E-state index in [1.54, 1.807) is 7.05 Å². The first-order valence-corrected chi connectivity index (χ1v) is 10.7. The third-order valence-corrected chi connectivity index (χ3v) is 4.68. The van der Waals surface area contributed by atoms with Crippen molar-refractivity contribution in [1.82, 2.24) is 10.6 Å². The number of benzene rings is 1. The van der Waals surface area contributed by atoms with Gasteiger partial charge in [-0.25, -0.2) is 8.42 Å². The van der Waals surface area contributed by atoms with E-state index in [1.165, 1.54) is 6.26 Å². The van der Waals surface area contributed by atoms with Gasteiger partial charge in [-0.1, -0.05) is 31.2 Å². The first kappa shape index (κ1) is 21.4. The maximum absolute atomic E-state index is 11.3. The summed E-state index contributed by atoms with van der Waals surface area (Å²) in [6.07, 6.45) is 2.80. The highest BCUT2D eigenvalue weighted by atomic mass is 32.2. The van der Waals surface area contributed by atoms with E-state index >= 15 is 0 Å². The average Bonchev–Trinajstić information content (AvgIpc) is 2.57. The van der Waals surface area contributed by atoms with Gasteiger partial charge in [-0.05, 0) is 30.9 Å². The van der Waals surface area contributed by atoms with Gasteiger partial charge in [0, 0.05) is 32.5 Å². The molecule has 0 aliphatic carbocycles. The number of ether oxygens (including phenoxy) is 1. The first-order chi connectivity index (χ1) is 11.9. The summed E-state index contributed by atoms with van der Waals surface area (Å²) < 4.78 is 28.2. The molecule has 0 aliphatic rings. The van der Waals surface area contributed by atoms with Crippen molar-refractivity contribution in [3.8, 4) is 0 Å². The maximum Gasteiger partial charge on any atom is 0.191 e. The zero-order valence-electron chi connectivity index (χ0n) is 15.7. The van der Waals surface area contributed by atoms with E-state index in [0.29, 0.717) is 25.5 Å². The second kappa shape index (κ2) is 11.1. The number of aliphatic imine (C=N–C) groups is 1. The van der Waals surface area contributed by atoms with Gasteiger partial charge in [0.15, 0.2) is 5.96 Å². The third-order valence-electron chi connectivity index (χ3n) is 3.70. The fourth-order valence-corrected chi connectivity index (χ4v) is 3.05. The number of rotatable bonds is 10. The summed E-state index contributed by atoms with van der Waals surface area (Å²) in [5.41, 5.74) is 2.31. The molecular formula is C18H31N3O3S. The molecule has 25 heavy (non-hydrogen) atoms. The Bertz CT molecular complexity index is 645. The Morgan fingerprint density at radius 1 is 1.28 bits per heavy atom. The van der Waals surface area contributed by atoms with E-state index in [4.69, 9.17) is 4.74 Å². The lowest BCUT2D eigenvalue weighted by Crippen LogP contribution is -2.42. The molecule has 1 aromatic carbocycles. The van der Waals surface area contributed by atoms with Crippen LogP contribution >= 0.6 is 0 Å². The van der Waals surface area contributed by atoms with Gasteiger partial charge in [0.2, 0.25) is 0 Å². The molecule has 0 amide bonds. The molecule has 0 spiro atoms. The summed E-state index contributed by atoms with van der Waals surface area (Å²) in [6, 6.07) is 8.17. The van der Waals surface area contributed by atoms with Crippen LogP contribution in [-0.2, 0) is 27.7 Å².